The molecule has 3 aromatic heterocycles. The van der Waals surface area contributed by atoms with Crippen molar-refractivity contribution >= 4 is 22.6 Å². The molecule has 10 heteroatoms. The smallest absolute Gasteiger partial charge is 0.273 e. The van der Waals surface area contributed by atoms with Crippen LogP contribution in [0.4, 0.5) is 13.2 Å². The Bertz CT molecular complexity index is 1170. The summed E-state index contributed by atoms with van der Waals surface area (Å²) in [5, 5.41) is 0.0681. The summed E-state index contributed by atoms with van der Waals surface area (Å²) in [4.78, 5) is 34.8. The van der Waals surface area contributed by atoms with Crippen molar-refractivity contribution < 1.29 is 13.2 Å². The quantitative estimate of drug-likeness (QED) is 0.671. The number of aryl methyl sites for hydroxylation is 2. The third-order valence-electron chi connectivity index (χ3n) is 4.29. The molecule has 0 aliphatic rings. The lowest BCUT2D eigenvalue weighted by molar-refractivity contribution is -0.147. The highest BCUT2D eigenvalue weighted by Gasteiger charge is 2.40. The van der Waals surface area contributed by atoms with Gasteiger partial charge in [-0.15, -0.1) is 0 Å². The van der Waals surface area contributed by atoms with Crippen molar-refractivity contribution in [1.29, 1.82) is 0 Å². The van der Waals surface area contributed by atoms with E-state index >= 15 is 0 Å². The van der Waals surface area contributed by atoms with Crippen molar-refractivity contribution in [2.75, 3.05) is 0 Å². The van der Waals surface area contributed by atoms with Crippen LogP contribution >= 0.6 is 11.6 Å². The van der Waals surface area contributed by atoms with E-state index in [1.807, 2.05) is 0 Å². The summed E-state index contributed by atoms with van der Waals surface area (Å²) in [5.74, 6) is -1.94. The Morgan fingerprint density at radius 2 is 1.89 bits per heavy atom. The number of halogens is 4. The van der Waals surface area contributed by atoms with E-state index in [9.17, 15) is 22.8 Å². The molecule has 0 saturated heterocycles. The number of nitrogens with one attached hydrogen (secondary N) is 1. The first kappa shape index (κ1) is 19.1. The van der Waals surface area contributed by atoms with E-state index < -0.39 is 23.3 Å². The number of alkyl halides is 3. The maximum absolute atomic E-state index is 13.3. The van der Waals surface area contributed by atoms with Gasteiger partial charge >= 0.3 is 11.9 Å². The molecule has 0 fully saturated rings. The summed E-state index contributed by atoms with van der Waals surface area (Å²) < 4.78 is 40.9. The van der Waals surface area contributed by atoms with Gasteiger partial charge in [-0.2, -0.15) is 13.2 Å². The summed E-state index contributed by atoms with van der Waals surface area (Å²) >= 11 is 6.03. The van der Waals surface area contributed by atoms with Crippen LogP contribution in [0.5, 0.6) is 0 Å². The molecule has 0 spiro atoms. The van der Waals surface area contributed by atoms with Crippen LogP contribution in [0.2, 0.25) is 5.15 Å². The number of rotatable bonds is 2. The maximum Gasteiger partial charge on any atom is 0.397 e. The summed E-state index contributed by atoms with van der Waals surface area (Å²) in [5.41, 5.74) is -1.34. The first-order valence-corrected chi connectivity index (χ1v) is 8.25. The van der Waals surface area contributed by atoms with Crippen LogP contribution in [-0.2, 0) is 0 Å². The van der Waals surface area contributed by atoms with Crippen molar-refractivity contribution in [2.45, 2.75) is 32.9 Å². The number of pyridine rings is 2. The second-order valence-electron chi connectivity index (χ2n) is 6.19. The van der Waals surface area contributed by atoms with Gasteiger partial charge in [0.05, 0.1) is 22.7 Å². The first-order chi connectivity index (χ1) is 12.5. The van der Waals surface area contributed by atoms with Crippen LogP contribution < -0.4 is 11.2 Å². The van der Waals surface area contributed by atoms with E-state index in [1.54, 1.807) is 13.8 Å². The van der Waals surface area contributed by atoms with E-state index in [0.29, 0.717) is 11.1 Å². The van der Waals surface area contributed by atoms with Crippen molar-refractivity contribution in [1.82, 2.24) is 19.5 Å². The molecule has 1 unspecified atom stereocenters. The predicted molar refractivity (Wildman–Crippen MR) is 94.7 cm³/mol. The lowest BCUT2D eigenvalue weighted by atomic mass is 10.0. The number of hydrogen-bond acceptors (Lipinski definition) is 4. The molecule has 3 heterocycles. The molecule has 0 amide bonds. The Morgan fingerprint density at radius 3 is 2.52 bits per heavy atom. The number of aromatic amines is 1. The lowest BCUT2D eigenvalue weighted by Gasteiger charge is -2.21. The summed E-state index contributed by atoms with van der Waals surface area (Å²) in [6, 6.07) is 2.90. The molecule has 0 bridgehead atoms. The van der Waals surface area contributed by atoms with Gasteiger partial charge in [0.15, 0.2) is 5.65 Å². The Labute approximate surface area is 155 Å². The zero-order valence-electron chi connectivity index (χ0n) is 14.5. The van der Waals surface area contributed by atoms with Crippen molar-refractivity contribution in [3.05, 3.63) is 61.1 Å². The molecular weight excluding hydrogens is 385 g/mol. The Balaban J connectivity index is 2.50. The van der Waals surface area contributed by atoms with Gasteiger partial charge in [-0.3, -0.25) is 14.8 Å². The van der Waals surface area contributed by atoms with Crippen LogP contribution in [0.3, 0.4) is 0 Å². The largest absolute Gasteiger partial charge is 0.397 e. The van der Waals surface area contributed by atoms with Crippen LogP contribution in [0, 0.1) is 13.8 Å². The van der Waals surface area contributed by atoms with E-state index in [4.69, 9.17) is 11.6 Å². The van der Waals surface area contributed by atoms with E-state index in [2.05, 4.69) is 15.0 Å². The van der Waals surface area contributed by atoms with E-state index in [-0.39, 0.29) is 27.6 Å². The molecule has 3 aromatic rings. The average molecular weight is 399 g/mol. The molecule has 142 valence electrons. The molecule has 27 heavy (non-hydrogen) atoms. The number of aromatic nitrogens is 4. The van der Waals surface area contributed by atoms with E-state index in [0.717, 1.165) is 11.5 Å². The number of fused-ring (bicyclic) bond motifs is 1. The molecule has 0 aliphatic carbocycles. The number of nitrogens with zero attached hydrogens (tertiary/aromatic N) is 3. The summed E-state index contributed by atoms with van der Waals surface area (Å²) in [7, 11) is 0. The third kappa shape index (κ3) is 3.23. The monoisotopic (exact) mass is 398 g/mol. The van der Waals surface area contributed by atoms with Crippen molar-refractivity contribution in [3.63, 3.8) is 0 Å². The zero-order chi connectivity index (χ0) is 20.1. The van der Waals surface area contributed by atoms with Crippen molar-refractivity contribution in [3.8, 4) is 5.69 Å². The third-order valence-corrected chi connectivity index (χ3v) is 4.67. The van der Waals surface area contributed by atoms with Gasteiger partial charge < -0.3 is 0 Å². The Kier molecular flexibility index (Phi) is 4.59. The average Bonchev–Trinajstić information content (AvgIpc) is 2.56. The fraction of sp³-hybridized carbons (Fsp3) is 0.294. The van der Waals surface area contributed by atoms with Gasteiger partial charge in [0.1, 0.15) is 5.15 Å². The fourth-order valence-electron chi connectivity index (χ4n) is 2.78. The predicted octanol–water partition coefficient (Wildman–Crippen LogP) is 3.41. The molecule has 0 aliphatic heterocycles. The zero-order valence-corrected chi connectivity index (χ0v) is 15.2. The van der Waals surface area contributed by atoms with Crippen LogP contribution in [-0.4, -0.2) is 25.7 Å². The van der Waals surface area contributed by atoms with E-state index in [1.165, 1.54) is 18.3 Å². The molecule has 0 aromatic carbocycles. The minimum atomic E-state index is -4.57. The highest BCUT2D eigenvalue weighted by atomic mass is 35.5. The topological polar surface area (TPSA) is 80.6 Å². The minimum absolute atomic E-state index is 0.0327. The fourth-order valence-corrected chi connectivity index (χ4v) is 2.91. The van der Waals surface area contributed by atoms with Gasteiger partial charge in [-0.1, -0.05) is 11.6 Å². The second-order valence-corrected chi connectivity index (χ2v) is 6.54. The molecule has 3 rings (SSSR count). The summed E-state index contributed by atoms with van der Waals surface area (Å²) in [6.07, 6.45) is -3.33. The highest BCUT2D eigenvalue weighted by molar-refractivity contribution is 6.30. The highest BCUT2D eigenvalue weighted by Crippen LogP contribution is 2.37. The number of H-pyrrole nitrogens is 1. The van der Waals surface area contributed by atoms with Gasteiger partial charge in [-0.25, -0.2) is 14.3 Å². The van der Waals surface area contributed by atoms with Gasteiger partial charge in [0.25, 0.3) is 5.56 Å². The van der Waals surface area contributed by atoms with Crippen molar-refractivity contribution in [2.24, 2.45) is 0 Å². The molecule has 6 nitrogen and oxygen atoms in total. The van der Waals surface area contributed by atoms with Crippen LogP contribution in [0.25, 0.3) is 16.7 Å². The lowest BCUT2D eigenvalue weighted by Crippen LogP contribution is -2.32. The summed E-state index contributed by atoms with van der Waals surface area (Å²) in [6.45, 7) is 4.12. The Morgan fingerprint density at radius 1 is 1.22 bits per heavy atom. The SMILES string of the molecule is Cc1cc2c(=O)[nH]c(=O)n(-c3c(C)ccnc3C(C)C(F)(F)F)c2nc1Cl. The molecular formula is C17H14ClF3N4O2. The maximum atomic E-state index is 13.3. The normalized spacial score (nSPS) is 13.1. The molecule has 0 radical (unpaired) electrons. The minimum Gasteiger partial charge on any atom is -0.273 e. The first-order valence-electron chi connectivity index (χ1n) is 7.87. The standard InChI is InChI=1S/C17H14ClF3N4O2/c1-7-4-5-22-11(9(3)17(19,20)21)12(7)25-14-10(15(26)24-16(25)27)6-8(2)13(18)23-14/h4-6,9H,1-3H3,(H,24,26,27). The number of hydrogen-bond donors (Lipinski definition) is 1. The molecule has 1 atom stereocenters. The molecule has 1 N–H and O–H groups in total. The van der Waals surface area contributed by atoms with Crippen LogP contribution in [0.15, 0.2) is 27.9 Å². The molecule has 0 saturated carbocycles. The van der Waals surface area contributed by atoms with Gasteiger partial charge in [-0.05, 0) is 44.0 Å². The van der Waals surface area contributed by atoms with Crippen LogP contribution in [0.1, 0.15) is 29.7 Å². The second kappa shape index (κ2) is 6.49. The van der Waals surface area contributed by atoms with Gasteiger partial charge in [0.2, 0.25) is 0 Å². The Hall–Kier alpha value is -2.68. The van der Waals surface area contributed by atoms with Gasteiger partial charge in [0, 0.05) is 6.20 Å².